The summed E-state index contributed by atoms with van der Waals surface area (Å²) in [5, 5.41) is 3.01. The molecular formula is C37H43N3O5S. The fourth-order valence-electron chi connectivity index (χ4n) is 4.98. The molecular weight excluding hydrogens is 598 g/mol. The molecule has 0 fully saturated rings. The van der Waals surface area contributed by atoms with E-state index in [1.165, 1.54) is 24.1 Å². The van der Waals surface area contributed by atoms with Crippen LogP contribution in [0.25, 0.3) is 0 Å². The molecule has 0 aromatic heterocycles. The predicted molar refractivity (Wildman–Crippen MR) is 182 cm³/mol. The number of anilines is 1. The summed E-state index contributed by atoms with van der Waals surface area (Å²) in [5.74, 6) is -0.0802. The molecule has 0 aliphatic rings. The molecule has 4 rings (SSSR count). The van der Waals surface area contributed by atoms with Crippen molar-refractivity contribution in [2.45, 2.75) is 51.6 Å². The standard InChI is InChI=1S/C37H43N3O5S/c1-27(2)24-38-37(42)35(23-30-9-7-6-8-10-30)39(25-31-15-11-28(3)12-16-31)36(41)26-40(32-17-13-29(4)14-18-32)46(43,44)34-21-19-33(45-5)20-22-34/h6-22,27,35H,23-26H2,1-5H3,(H,38,42)/t35-/m0/s1. The average molecular weight is 642 g/mol. The van der Waals surface area contributed by atoms with E-state index in [0.717, 1.165) is 26.6 Å². The van der Waals surface area contributed by atoms with Crippen LogP contribution in [0.3, 0.4) is 0 Å². The highest BCUT2D eigenvalue weighted by molar-refractivity contribution is 7.92. The first-order valence-corrected chi connectivity index (χ1v) is 16.8. The molecule has 0 unspecified atom stereocenters. The third-order valence-electron chi connectivity index (χ3n) is 7.68. The number of carbonyl (C=O) groups is 2. The van der Waals surface area contributed by atoms with E-state index in [2.05, 4.69) is 5.32 Å². The Kier molecular flexibility index (Phi) is 11.6. The first-order valence-electron chi connectivity index (χ1n) is 15.4. The second-order valence-electron chi connectivity index (χ2n) is 11.9. The van der Waals surface area contributed by atoms with E-state index in [4.69, 9.17) is 4.74 Å². The fraction of sp³-hybridized carbons (Fsp3) is 0.297. The van der Waals surface area contributed by atoms with Crippen molar-refractivity contribution in [3.63, 3.8) is 0 Å². The molecule has 0 aliphatic carbocycles. The topological polar surface area (TPSA) is 96.0 Å². The molecule has 1 atom stereocenters. The van der Waals surface area contributed by atoms with Crippen molar-refractivity contribution in [3.8, 4) is 5.75 Å². The molecule has 0 radical (unpaired) electrons. The molecule has 0 aliphatic heterocycles. The number of nitrogens with zero attached hydrogens (tertiary/aromatic N) is 2. The van der Waals surface area contributed by atoms with Gasteiger partial charge in [-0.3, -0.25) is 13.9 Å². The minimum Gasteiger partial charge on any atom is -0.497 e. The van der Waals surface area contributed by atoms with Gasteiger partial charge in [-0.15, -0.1) is 0 Å². The van der Waals surface area contributed by atoms with Crippen LogP contribution < -0.4 is 14.4 Å². The summed E-state index contributed by atoms with van der Waals surface area (Å²) in [6.07, 6.45) is 0.262. The Morgan fingerprint density at radius 3 is 1.93 bits per heavy atom. The van der Waals surface area contributed by atoms with Crippen LogP contribution in [0.2, 0.25) is 0 Å². The Morgan fingerprint density at radius 2 is 1.37 bits per heavy atom. The molecule has 0 saturated heterocycles. The van der Waals surface area contributed by atoms with Gasteiger partial charge in [0.1, 0.15) is 18.3 Å². The average Bonchev–Trinajstić information content (AvgIpc) is 3.05. The van der Waals surface area contributed by atoms with Crippen molar-refractivity contribution in [1.29, 1.82) is 0 Å². The molecule has 8 nitrogen and oxygen atoms in total. The molecule has 4 aromatic carbocycles. The van der Waals surface area contributed by atoms with Gasteiger partial charge < -0.3 is 15.0 Å². The summed E-state index contributed by atoms with van der Waals surface area (Å²) >= 11 is 0. The minimum absolute atomic E-state index is 0.0160. The number of amides is 2. The zero-order valence-corrected chi connectivity index (χ0v) is 28.0. The van der Waals surface area contributed by atoms with Crippen molar-refractivity contribution in [2.24, 2.45) is 5.92 Å². The fourth-order valence-corrected chi connectivity index (χ4v) is 6.40. The van der Waals surface area contributed by atoms with Crippen LogP contribution in [0.15, 0.2) is 108 Å². The molecule has 0 saturated carbocycles. The van der Waals surface area contributed by atoms with Crippen LogP contribution in [-0.2, 0) is 32.6 Å². The molecule has 9 heteroatoms. The third kappa shape index (κ3) is 8.97. The Morgan fingerprint density at radius 1 is 0.783 bits per heavy atom. The number of rotatable bonds is 14. The number of aryl methyl sites for hydroxylation is 2. The molecule has 2 amide bonds. The Labute approximate surface area is 273 Å². The largest absolute Gasteiger partial charge is 0.497 e. The number of ether oxygens (including phenoxy) is 1. The third-order valence-corrected chi connectivity index (χ3v) is 9.47. The molecule has 1 N–H and O–H groups in total. The maximum atomic E-state index is 14.5. The second-order valence-corrected chi connectivity index (χ2v) is 13.7. The highest BCUT2D eigenvalue weighted by atomic mass is 32.2. The van der Waals surface area contributed by atoms with Gasteiger partial charge >= 0.3 is 0 Å². The minimum atomic E-state index is -4.20. The Balaban J connectivity index is 1.79. The number of methoxy groups -OCH3 is 1. The first-order chi connectivity index (χ1) is 22.0. The van der Waals surface area contributed by atoms with Gasteiger partial charge in [0.15, 0.2) is 0 Å². The monoisotopic (exact) mass is 641 g/mol. The summed E-state index contributed by atoms with van der Waals surface area (Å²) in [7, 11) is -2.69. The van der Waals surface area contributed by atoms with Gasteiger partial charge in [-0.05, 0) is 67.3 Å². The van der Waals surface area contributed by atoms with Crippen molar-refractivity contribution < 1.29 is 22.7 Å². The highest BCUT2D eigenvalue weighted by Crippen LogP contribution is 2.27. The Hall–Kier alpha value is -4.63. The molecule has 0 heterocycles. The van der Waals surface area contributed by atoms with Crippen LogP contribution in [0.1, 0.15) is 36.1 Å². The lowest BCUT2D eigenvalue weighted by Crippen LogP contribution is -2.53. The molecule has 0 bridgehead atoms. The zero-order valence-electron chi connectivity index (χ0n) is 27.1. The van der Waals surface area contributed by atoms with Crippen molar-refractivity contribution in [3.05, 3.63) is 125 Å². The number of benzene rings is 4. The molecule has 242 valence electrons. The maximum Gasteiger partial charge on any atom is 0.264 e. The highest BCUT2D eigenvalue weighted by Gasteiger charge is 2.34. The smallest absolute Gasteiger partial charge is 0.264 e. The van der Waals surface area contributed by atoms with E-state index >= 15 is 0 Å². The van der Waals surface area contributed by atoms with Gasteiger partial charge in [0.25, 0.3) is 10.0 Å². The van der Waals surface area contributed by atoms with E-state index in [1.807, 2.05) is 82.3 Å². The van der Waals surface area contributed by atoms with E-state index in [1.54, 1.807) is 36.4 Å². The summed E-state index contributed by atoms with van der Waals surface area (Å²) in [6.45, 7) is 7.95. The van der Waals surface area contributed by atoms with Gasteiger partial charge in [0, 0.05) is 19.5 Å². The quantitative estimate of drug-likeness (QED) is 0.185. The van der Waals surface area contributed by atoms with Crippen LogP contribution in [0.5, 0.6) is 5.75 Å². The van der Waals surface area contributed by atoms with Gasteiger partial charge in [-0.1, -0.05) is 91.7 Å². The van der Waals surface area contributed by atoms with Crippen LogP contribution in [-0.4, -0.2) is 51.4 Å². The second kappa shape index (κ2) is 15.6. The van der Waals surface area contributed by atoms with Gasteiger partial charge in [0.05, 0.1) is 17.7 Å². The van der Waals surface area contributed by atoms with Crippen LogP contribution in [0, 0.1) is 19.8 Å². The molecule has 0 spiro atoms. The van der Waals surface area contributed by atoms with Gasteiger partial charge in [-0.25, -0.2) is 8.42 Å². The maximum absolute atomic E-state index is 14.5. The van der Waals surface area contributed by atoms with Crippen molar-refractivity contribution >= 4 is 27.5 Å². The Bertz CT molecular complexity index is 1690. The number of carbonyl (C=O) groups excluding carboxylic acids is 2. The van der Waals surface area contributed by atoms with E-state index in [-0.39, 0.29) is 29.7 Å². The summed E-state index contributed by atoms with van der Waals surface area (Å²) in [4.78, 5) is 29.9. The van der Waals surface area contributed by atoms with E-state index in [0.29, 0.717) is 18.0 Å². The predicted octanol–water partition coefficient (Wildman–Crippen LogP) is 5.92. The van der Waals surface area contributed by atoms with Gasteiger partial charge in [0.2, 0.25) is 11.8 Å². The lowest BCUT2D eigenvalue weighted by molar-refractivity contribution is -0.140. The number of nitrogens with one attached hydrogen (secondary N) is 1. The first kappa shape index (κ1) is 34.2. The summed E-state index contributed by atoms with van der Waals surface area (Å²) < 4.78 is 34.7. The van der Waals surface area contributed by atoms with Crippen LogP contribution >= 0.6 is 0 Å². The lowest BCUT2D eigenvalue weighted by atomic mass is 10.0. The number of sulfonamides is 1. The van der Waals surface area contributed by atoms with E-state index in [9.17, 15) is 18.0 Å². The van der Waals surface area contributed by atoms with Crippen molar-refractivity contribution in [2.75, 3.05) is 24.5 Å². The zero-order chi connectivity index (χ0) is 33.3. The van der Waals surface area contributed by atoms with Crippen molar-refractivity contribution in [1.82, 2.24) is 10.2 Å². The van der Waals surface area contributed by atoms with E-state index < -0.39 is 28.5 Å². The van der Waals surface area contributed by atoms with Gasteiger partial charge in [-0.2, -0.15) is 0 Å². The SMILES string of the molecule is COc1ccc(S(=O)(=O)N(CC(=O)N(Cc2ccc(C)cc2)[C@@H](Cc2ccccc2)C(=O)NCC(C)C)c2ccc(C)cc2)cc1. The molecule has 4 aromatic rings. The lowest BCUT2D eigenvalue weighted by Gasteiger charge is -2.34. The number of hydrogen-bond acceptors (Lipinski definition) is 5. The number of hydrogen-bond donors (Lipinski definition) is 1. The molecule has 46 heavy (non-hydrogen) atoms. The normalized spacial score (nSPS) is 12.0. The summed E-state index contributed by atoms with van der Waals surface area (Å²) in [6, 6.07) is 29.4. The van der Waals surface area contributed by atoms with Crippen LogP contribution in [0.4, 0.5) is 5.69 Å². The summed E-state index contributed by atoms with van der Waals surface area (Å²) in [5.41, 5.74) is 4.06.